The predicted octanol–water partition coefficient (Wildman–Crippen LogP) is 0.743. The summed E-state index contributed by atoms with van der Waals surface area (Å²) in [6, 6.07) is 7.62. The standard InChI is InChI=1S/C18H29N3O4S/c1-4-8-26(23,24)20-11-14(2)21-12-18(13-21,17(19)22)10-15-6-5-7-16(9-15)25-3/h5-7,9,14,20H,4,8,10-13H2,1-3H3,(H2,19,22). The number of nitrogens with two attached hydrogens (primary N) is 1. The van der Waals surface area contributed by atoms with Crippen LogP contribution in [0.5, 0.6) is 5.75 Å². The molecule has 0 aromatic heterocycles. The minimum absolute atomic E-state index is 0.000541. The monoisotopic (exact) mass is 383 g/mol. The second-order valence-corrected chi connectivity index (χ2v) is 9.02. The maximum absolute atomic E-state index is 12.1. The zero-order valence-electron chi connectivity index (χ0n) is 15.7. The van der Waals surface area contributed by atoms with E-state index in [9.17, 15) is 13.2 Å². The van der Waals surface area contributed by atoms with Gasteiger partial charge in [0.2, 0.25) is 15.9 Å². The van der Waals surface area contributed by atoms with Crippen LogP contribution in [0.3, 0.4) is 0 Å². The Kier molecular flexibility index (Phi) is 6.65. The van der Waals surface area contributed by atoms with Gasteiger partial charge in [-0.1, -0.05) is 19.1 Å². The molecule has 0 spiro atoms. The summed E-state index contributed by atoms with van der Waals surface area (Å²) in [4.78, 5) is 14.2. The third kappa shape index (κ3) is 4.96. The van der Waals surface area contributed by atoms with Crippen LogP contribution in [-0.4, -0.2) is 57.8 Å². The van der Waals surface area contributed by atoms with Crippen LogP contribution in [0.25, 0.3) is 0 Å². The fourth-order valence-corrected chi connectivity index (χ4v) is 4.47. The summed E-state index contributed by atoms with van der Waals surface area (Å²) in [5, 5.41) is 0. The molecule has 1 aromatic rings. The van der Waals surface area contributed by atoms with Gasteiger partial charge in [0.05, 0.1) is 18.3 Å². The molecule has 7 nitrogen and oxygen atoms in total. The van der Waals surface area contributed by atoms with E-state index < -0.39 is 15.4 Å². The van der Waals surface area contributed by atoms with Crippen LogP contribution in [0.4, 0.5) is 0 Å². The number of amides is 1. The van der Waals surface area contributed by atoms with E-state index in [1.54, 1.807) is 7.11 Å². The molecule has 2 rings (SSSR count). The molecular weight excluding hydrogens is 354 g/mol. The van der Waals surface area contributed by atoms with Gasteiger partial charge in [0.15, 0.2) is 0 Å². The van der Waals surface area contributed by atoms with E-state index in [-0.39, 0.29) is 17.7 Å². The Morgan fingerprint density at radius 1 is 1.42 bits per heavy atom. The van der Waals surface area contributed by atoms with Gasteiger partial charge >= 0.3 is 0 Å². The zero-order valence-corrected chi connectivity index (χ0v) is 16.5. The SMILES string of the molecule is CCCS(=O)(=O)NCC(C)N1CC(Cc2cccc(OC)c2)(C(N)=O)C1. The van der Waals surface area contributed by atoms with Crippen molar-refractivity contribution in [3.63, 3.8) is 0 Å². The van der Waals surface area contributed by atoms with Crippen molar-refractivity contribution in [2.45, 2.75) is 32.7 Å². The molecule has 26 heavy (non-hydrogen) atoms. The first-order valence-corrected chi connectivity index (χ1v) is 10.5. The lowest BCUT2D eigenvalue weighted by molar-refractivity contribution is -0.140. The molecule has 0 radical (unpaired) electrons. The molecule has 1 fully saturated rings. The molecule has 1 atom stereocenters. The number of carbonyl (C=O) groups excluding carboxylic acids is 1. The van der Waals surface area contributed by atoms with Gasteiger partial charge in [-0.3, -0.25) is 9.69 Å². The van der Waals surface area contributed by atoms with Crippen LogP contribution in [0, 0.1) is 5.41 Å². The number of nitrogens with zero attached hydrogens (tertiary/aromatic N) is 1. The van der Waals surface area contributed by atoms with Crippen molar-refractivity contribution in [3.05, 3.63) is 29.8 Å². The quantitative estimate of drug-likeness (QED) is 0.621. The number of rotatable bonds is 10. The molecular formula is C18H29N3O4S. The van der Waals surface area contributed by atoms with Gasteiger partial charge in [0.1, 0.15) is 5.75 Å². The number of methoxy groups -OCH3 is 1. The molecule has 1 aliphatic rings. The molecule has 1 amide bonds. The maximum Gasteiger partial charge on any atom is 0.226 e. The predicted molar refractivity (Wildman–Crippen MR) is 101 cm³/mol. The normalized spacial score (nSPS) is 18.1. The fourth-order valence-electron chi connectivity index (χ4n) is 3.29. The van der Waals surface area contributed by atoms with Crippen molar-refractivity contribution in [3.8, 4) is 5.75 Å². The topological polar surface area (TPSA) is 102 Å². The van der Waals surface area contributed by atoms with E-state index in [4.69, 9.17) is 10.5 Å². The number of likely N-dealkylation sites (tertiary alicyclic amines) is 1. The van der Waals surface area contributed by atoms with Crippen molar-refractivity contribution in [2.24, 2.45) is 11.1 Å². The first kappa shape index (κ1) is 20.7. The Labute approximate surface area is 155 Å². The summed E-state index contributed by atoms with van der Waals surface area (Å²) in [6.07, 6.45) is 1.13. The summed E-state index contributed by atoms with van der Waals surface area (Å²) < 4.78 is 31.4. The first-order valence-electron chi connectivity index (χ1n) is 8.85. The van der Waals surface area contributed by atoms with Crippen LogP contribution in [0.15, 0.2) is 24.3 Å². The van der Waals surface area contributed by atoms with Gasteiger partial charge in [-0.25, -0.2) is 13.1 Å². The van der Waals surface area contributed by atoms with E-state index in [2.05, 4.69) is 9.62 Å². The van der Waals surface area contributed by atoms with Gasteiger partial charge in [-0.2, -0.15) is 0 Å². The van der Waals surface area contributed by atoms with Crippen LogP contribution in [-0.2, 0) is 21.2 Å². The Balaban J connectivity index is 1.96. The lowest BCUT2D eigenvalue weighted by Crippen LogP contribution is -2.66. The average Bonchev–Trinajstić information content (AvgIpc) is 2.55. The summed E-state index contributed by atoms with van der Waals surface area (Å²) >= 11 is 0. The number of nitrogens with one attached hydrogen (secondary N) is 1. The summed E-state index contributed by atoms with van der Waals surface area (Å²) in [6.45, 7) is 5.16. The van der Waals surface area contributed by atoms with Crippen LogP contribution in [0.1, 0.15) is 25.8 Å². The summed E-state index contributed by atoms with van der Waals surface area (Å²) in [5.74, 6) is 0.549. The molecule has 1 unspecified atom stereocenters. The lowest BCUT2D eigenvalue weighted by atomic mass is 9.73. The Morgan fingerprint density at radius 2 is 2.12 bits per heavy atom. The highest BCUT2D eigenvalue weighted by molar-refractivity contribution is 7.89. The molecule has 146 valence electrons. The van der Waals surface area contributed by atoms with Crippen molar-refractivity contribution in [1.29, 1.82) is 0 Å². The number of sulfonamides is 1. The Hall–Kier alpha value is -1.64. The molecule has 1 aromatic carbocycles. The Bertz CT molecular complexity index is 730. The number of benzene rings is 1. The van der Waals surface area contributed by atoms with Crippen LogP contribution >= 0.6 is 0 Å². The number of hydrogen-bond acceptors (Lipinski definition) is 5. The third-order valence-corrected chi connectivity index (χ3v) is 6.46. The van der Waals surface area contributed by atoms with Crippen molar-refractivity contribution in [2.75, 3.05) is 32.5 Å². The van der Waals surface area contributed by atoms with E-state index in [0.29, 0.717) is 32.5 Å². The zero-order chi connectivity index (χ0) is 19.4. The van der Waals surface area contributed by atoms with Crippen molar-refractivity contribution in [1.82, 2.24) is 9.62 Å². The van der Waals surface area contributed by atoms with Gasteiger partial charge in [0.25, 0.3) is 0 Å². The molecule has 1 saturated heterocycles. The lowest BCUT2D eigenvalue weighted by Gasteiger charge is -2.51. The third-order valence-electron chi connectivity index (χ3n) is 4.91. The summed E-state index contributed by atoms with van der Waals surface area (Å²) in [5.41, 5.74) is 6.06. The molecule has 1 aliphatic heterocycles. The van der Waals surface area contributed by atoms with E-state index >= 15 is 0 Å². The average molecular weight is 384 g/mol. The number of ether oxygens (including phenoxy) is 1. The van der Waals surface area contributed by atoms with Gasteiger partial charge < -0.3 is 10.5 Å². The Morgan fingerprint density at radius 3 is 2.69 bits per heavy atom. The largest absolute Gasteiger partial charge is 0.497 e. The van der Waals surface area contributed by atoms with E-state index in [1.165, 1.54) is 0 Å². The first-order chi connectivity index (χ1) is 12.2. The molecule has 0 bridgehead atoms. The molecule has 0 saturated carbocycles. The fraction of sp³-hybridized carbons (Fsp3) is 0.611. The van der Waals surface area contributed by atoms with Crippen LogP contribution < -0.4 is 15.2 Å². The van der Waals surface area contributed by atoms with Crippen molar-refractivity contribution < 1.29 is 17.9 Å². The maximum atomic E-state index is 12.1. The van der Waals surface area contributed by atoms with Crippen LogP contribution in [0.2, 0.25) is 0 Å². The smallest absolute Gasteiger partial charge is 0.226 e. The van der Waals surface area contributed by atoms with E-state index in [0.717, 1.165) is 11.3 Å². The highest BCUT2D eigenvalue weighted by atomic mass is 32.2. The van der Waals surface area contributed by atoms with Crippen molar-refractivity contribution >= 4 is 15.9 Å². The second-order valence-electron chi connectivity index (χ2n) is 7.09. The highest BCUT2D eigenvalue weighted by Gasteiger charge is 2.49. The van der Waals surface area contributed by atoms with Gasteiger partial charge in [0, 0.05) is 25.7 Å². The molecule has 8 heteroatoms. The number of primary amides is 1. The number of carbonyl (C=O) groups is 1. The molecule has 3 N–H and O–H groups in total. The molecule has 1 heterocycles. The minimum Gasteiger partial charge on any atom is -0.497 e. The molecule has 0 aliphatic carbocycles. The minimum atomic E-state index is -3.23. The van der Waals surface area contributed by atoms with Gasteiger partial charge in [-0.05, 0) is 37.5 Å². The second kappa shape index (κ2) is 8.37. The highest BCUT2D eigenvalue weighted by Crippen LogP contribution is 2.36. The van der Waals surface area contributed by atoms with E-state index in [1.807, 2.05) is 38.1 Å². The number of hydrogen-bond donors (Lipinski definition) is 2. The summed E-state index contributed by atoms with van der Waals surface area (Å²) in [7, 11) is -1.62. The van der Waals surface area contributed by atoms with Gasteiger partial charge in [-0.15, -0.1) is 0 Å².